The lowest BCUT2D eigenvalue weighted by Crippen LogP contribution is -2.28. The Hall–Kier alpha value is -2.40. The van der Waals surface area contributed by atoms with Crippen molar-refractivity contribution in [2.24, 2.45) is 5.73 Å². The third-order valence-corrected chi connectivity index (χ3v) is 3.26. The van der Waals surface area contributed by atoms with Gasteiger partial charge in [0.15, 0.2) is 0 Å². The van der Waals surface area contributed by atoms with Crippen LogP contribution in [0.15, 0.2) is 51.8 Å². The van der Waals surface area contributed by atoms with Gasteiger partial charge in [0.25, 0.3) is 5.56 Å². The van der Waals surface area contributed by atoms with Gasteiger partial charge < -0.3 is 10.2 Å². The van der Waals surface area contributed by atoms with Gasteiger partial charge in [0.05, 0.1) is 24.2 Å². The van der Waals surface area contributed by atoms with Crippen LogP contribution in [0.3, 0.4) is 0 Å². The van der Waals surface area contributed by atoms with E-state index in [2.05, 4.69) is 5.10 Å². The summed E-state index contributed by atoms with van der Waals surface area (Å²) in [6, 6.07) is 10.7. The number of benzene rings is 1. The quantitative estimate of drug-likeness (QED) is 0.789. The van der Waals surface area contributed by atoms with Gasteiger partial charge >= 0.3 is 0 Å². The molecule has 1 unspecified atom stereocenters. The molecule has 3 aromatic rings. The molecule has 0 aliphatic heterocycles. The molecular formula is C15H15N3O2. The van der Waals surface area contributed by atoms with Gasteiger partial charge in [-0.15, -0.1) is 0 Å². The van der Waals surface area contributed by atoms with Crippen LogP contribution in [-0.4, -0.2) is 9.78 Å². The third kappa shape index (κ3) is 2.23. The minimum Gasteiger partial charge on any atom is -0.465 e. The normalized spacial score (nSPS) is 12.7. The topological polar surface area (TPSA) is 74.1 Å². The second-order valence-corrected chi connectivity index (χ2v) is 4.77. The third-order valence-electron chi connectivity index (χ3n) is 3.26. The monoisotopic (exact) mass is 269 g/mol. The van der Waals surface area contributed by atoms with Crippen LogP contribution in [0.25, 0.3) is 10.8 Å². The lowest BCUT2D eigenvalue weighted by atomic mass is 10.2. The van der Waals surface area contributed by atoms with E-state index in [1.807, 2.05) is 37.3 Å². The molecule has 2 N–H and O–H groups in total. The van der Waals surface area contributed by atoms with Crippen LogP contribution in [0.4, 0.5) is 0 Å². The SMILES string of the molecule is Cc1ccc(C(N)Cn2ncc3ccccc3c2=O)o1. The Morgan fingerprint density at radius 1 is 1.30 bits per heavy atom. The Kier molecular flexibility index (Phi) is 3.12. The van der Waals surface area contributed by atoms with Crippen molar-refractivity contribution < 1.29 is 4.42 Å². The van der Waals surface area contributed by atoms with E-state index in [4.69, 9.17) is 10.2 Å². The first-order chi connectivity index (χ1) is 9.65. The molecule has 0 spiro atoms. The van der Waals surface area contributed by atoms with Crippen LogP contribution in [0, 0.1) is 6.92 Å². The van der Waals surface area contributed by atoms with Crippen LogP contribution in [0.5, 0.6) is 0 Å². The largest absolute Gasteiger partial charge is 0.465 e. The lowest BCUT2D eigenvalue weighted by molar-refractivity contribution is 0.403. The molecular weight excluding hydrogens is 254 g/mol. The first kappa shape index (κ1) is 12.6. The van der Waals surface area contributed by atoms with Crippen molar-refractivity contribution in [1.29, 1.82) is 0 Å². The Labute approximate surface area is 115 Å². The van der Waals surface area contributed by atoms with E-state index in [1.165, 1.54) is 4.68 Å². The summed E-state index contributed by atoms with van der Waals surface area (Å²) in [5.74, 6) is 1.46. The van der Waals surface area contributed by atoms with Crippen LogP contribution in [-0.2, 0) is 6.54 Å². The summed E-state index contributed by atoms with van der Waals surface area (Å²) >= 11 is 0. The number of nitrogens with zero attached hydrogens (tertiary/aromatic N) is 2. The molecule has 2 aromatic heterocycles. The summed E-state index contributed by atoms with van der Waals surface area (Å²) in [7, 11) is 0. The molecule has 1 atom stereocenters. The summed E-state index contributed by atoms with van der Waals surface area (Å²) in [6.45, 7) is 2.15. The Morgan fingerprint density at radius 3 is 2.85 bits per heavy atom. The minimum absolute atomic E-state index is 0.137. The van der Waals surface area contributed by atoms with Crippen molar-refractivity contribution in [3.05, 3.63) is 64.5 Å². The zero-order valence-electron chi connectivity index (χ0n) is 11.1. The fourth-order valence-electron chi connectivity index (χ4n) is 2.19. The Morgan fingerprint density at radius 2 is 2.10 bits per heavy atom. The predicted molar refractivity (Wildman–Crippen MR) is 76.4 cm³/mol. The predicted octanol–water partition coefficient (Wildman–Crippen LogP) is 2.00. The van der Waals surface area contributed by atoms with Crippen molar-refractivity contribution in [3.63, 3.8) is 0 Å². The van der Waals surface area contributed by atoms with Gasteiger partial charge in [0.2, 0.25) is 0 Å². The first-order valence-electron chi connectivity index (χ1n) is 6.42. The summed E-state index contributed by atoms with van der Waals surface area (Å²) < 4.78 is 6.86. The maximum absolute atomic E-state index is 12.3. The fraction of sp³-hybridized carbons (Fsp3) is 0.200. The van der Waals surface area contributed by atoms with Crippen LogP contribution >= 0.6 is 0 Å². The molecule has 5 heteroatoms. The van der Waals surface area contributed by atoms with E-state index in [1.54, 1.807) is 12.3 Å². The number of hydrogen-bond acceptors (Lipinski definition) is 4. The summed E-state index contributed by atoms with van der Waals surface area (Å²) in [5.41, 5.74) is 5.92. The molecule has 3 rings (SSSR count). The van der Waals surface area contributed by atoms with Gasteiger partial charge in [0, 0.05) is 5.39 Å². The molecule has 0 amide bonds. The van der Waals surface area contributed by atoms with Crippen molar-refractivity contribution in [1.82, 2.24) is 9.78 Å². The molecule has 0 aliphatic rings. The summed E-state index contributed by atoms with van der Waals surface area (Å²) in [4.78, 5) is 12.3. The van der Waals surface area contributed by atoms with Crippen molar-refractivity contribution in [2.75, 3.05) is 0 Å². The molecule has 0 saturated heterocycles. The zero-order valence-corrected chi connectivity index (χ0v) is 11.1. The number of nitrogens with two attached hydrogens (primary N) is 1. The molecule has 0 radical (unpaired) electrons. The minimum atomic E-state index is -0.393. The van der Waals surface area contributed by atoms with Gasteiger partial charge in [-0.2, -0.15) is 5.10 Å². The number of aryl methyl sites for hydroxylation is 1. The number of furan rings is 1. The van der Waals surface area contributed by atoms with E-state index in [0.717, 1.165) is 11.1 Å². The average molecular weight is 269 g/mol. The lowest BCUT2D eigenvalue weighted by Gasteiger charge is -2.10. The molecule has 1 aromatic carbocycles. The van der Waals surface area contributed by atoms with E-state index in [-0.39, 0.29) is 12.1 Å². The number of aromatic nitrogens is 2. The smallest absolute Gasteiger partial charge is 0.274 e. The Bertz CT molecular complexity index is 804. The maximum atomic E-state index is 12.3. The van der Waals surface area contributed by atoms with E-state index >= 15 is 0 Å². The van der Waals surface area contributed by atoms with Crippen LogP contribution in [0.1, 0.15) is 17.6 Å². The van der Waals surface area contributed by atoms with E-state index in [9.17, 15) is 4.79 Å². The Balaban J connectivity index is 1.95. The number of rotatable bonds is 3. The van der Waals surface area contributed by atoms with Gasteiger partial charge in [-0.3, -0.25) is 4.79 Å². The zero-order chi connectivity index (χ0) is 14.1. The maximum Gasteiger partial charge on any atom is 0.274 e. The van der Waals surface area contributed by atoms with Crippen LogP contribution in [0.2, 0.25) is 0 Å². The highest BCUT2D eigenvalue weighted by Crippen LogP contribution is 2.15. The molecule has 0 aliphatic carbocycles. The summed E-state index contributed by atoms with van der Waals surface area (Å²) in [6.07, 6.45) is 1.68. The second-order valence-electron chi connectivity index (χ2n) is 4.77. The summed E-state index contributed by atoms with van der Waals surface area (Å²) in [5, 5.41) is 5.63. The van der Waals surface area contributed by atoms with Crippen molar-refractivity contribution >= 4 is 10.8 Å². The van der Waals surface area contributed by atoms with Gasteiger partial charge in [-0.05, 0) is 25.1 Å². The van der Waals surface area contributed by atoms with Crippen LogP contribution < -0.4 is 11.3 Å². The molecule has 0 fully saturated rings. The average Bonchev–Trinajstić information content (AvgIpc) is 2.89. The van der Waals surface area contributed by atoms with E-state index in [0.29, 0.717) is 11.1 Å². The molecule has 2 heterocycles. The standard InChI is InChI=1S/C15H15N3O2/c1-10-6-7-14(20-10)13(16)9-18-15(19)12-5-3-2-4-11(12)8-17-18/h2-8,13H,9,16H2,1H3. The molecule has 102 valence electrons. The van der Waals surface area contributed by atoms with Gasteiger partial charge in [-0.1, -0.05) is 18.2 Å². The first-order valence-corrected chi connectivity index (χ1v) is 6.42. The van der Waals surface area contributed by atoms with E-state index < -0.39 is 6.04 Å². The highest BCUT2D eigenvalue weighted by atomic mass is 16.3. The molecule has 5 nitrogen and oxygen atoms in total. The second kappa shape index (κ2) is 4.94. The molecule has 0 saturated carbocycles. The molecule has 20 heavy (non-hydrogen) atoms. The van der Waals surface area contributed by atoms with Gasteiger partial charge in [0.1, 0.15) is 11.5 Å². The van der Waals surface area contributed by atoms with Crippen molar-refractivity contribution in [2.45, 2.75) is 19.5 Å². The number of hydrogen-bond donors (Lipinski definition) is 1. The number of fused-ring (bicyclic) bond motifs is 1. The highest BCUT2D eigenvalue weighted by Gasteiger charge is 2.13. The molecule has 0 bridgehead atoms. The highest BCUT2D eigenvalue weighted by molar-refractivity contribution is 5.80. The van der Waals surface area contributed by atoms with Crippen molar-refractivity contribution in [3.8, 4) is 0 Å². The van der Waals surface area contributed by atoms with Gasteiger partial charge in [-0.25, -0.2) is 4.68 Å². The fourth-order valence-corrected chi connectivity index (χ4v) is 2.19.